The van der Waals surface area contributed by atoms with Crippen LogP contribution in [0.4, 0.5) is 0 Å². The average molecular weight is 296 g/mol. The molecular weight excluding hydrogens is 276 g/mol. The molecule has 0 radical (unpaired) electrons. The molecule has 1 fully saturated rings. The third kappa shape index (κ3) is 3.02. The first-order valence-electron chi connectivity index (χ1n) is 6.63. The van der Waals surface area contributed by atoms with E-state index in [2.05, 4.69) is 10.6 Å². The fourth-order valence-electron chi connectivity index (χ4n) is 2.20. The van der Waals surface area contributed by atoms with Crippen molar-refractivity contribution in [2.24, 2.45) is 5.41 Å². The van der Waals surface area contributed by atoms with E-state index in [1.165, 1.54) is 11.3 Å². The predicted octanol–water partition coefficient (Wildman–Crippen LogP) is 1.06. The number of amides is 2. The third-order valence-electron chi connectivity index (χ3n) is 3.92. The van der Waals surface area contributed by atoms with Crippen LogP contribution in [0.3, 0.4) is 0 Å². The summed E-state index contributed by atoms with van der Waals surface area (Å²) in [6.07, 6.45) is 0.188. The molecule has 3 N–H and O–H groups in total. The molecule has 0 spiro atoms. The number of rotatable bonds is 4. The van der Waals surface area contributed by atoms with E-state index in [-0.39, 0.29) is 35.9 Å². The topological polar surface area (TPSA) is 78.4 Å². The van der Waals surface area contributed by atoms with Crippen LogP contribution in [-0.2, 0) is 4.79 Å². The number of nitrogens with one attached hydrogen (secondary N) is 2. The lowest BCUT2D eigenvalue weighted by molar-refractivity contribution is -0.128. The predicted molar refractivity (Wildman–Crippen MR) is 77.7 cm³/mol. The maximum atomic E-state index is 11.8. The van der Waals surface area contributed by atoms with E-state index in [0.717, 1.165) is 4.88 Å². The van der Waals surface area contributed by atoms with Gasteiger partial charge in [0, 0.05) is 16.3 Å². The van der Waals surface area contributed by atoms with Crippen molar-refractivity contribution in [3.05, 3.63) is 21.9 Å². The van der Waals surface area contributed by atoms with Gasteiger partial charge in [0.15, 0.2) is 0 Å². The number of aliphatic hydroxyl groups is 1. The molecule has 1 heterocycles. The van der Waals surface area contributed by atoms with Crippen molar-refractivity contribution in [2.75, 3.05) is 6.54 Å². The molecule has 20 heavy (non-hydrogen) atoms. The molecule has 6 heteroatoms. The quantitative estimate of drug-likeness (QED) is 0.777. The fourth-order valence-corrected chi connectivity index (χ4v) is 2.98. The number of hydrogen-bond donors (Lipinski definition) is 3. The van der Waals surface area contributed by atoms with Crippen LogP contribution in [0.5, 0.6) is 0 Å². The molecule has 2 unspecified atom stereocenters. The Bertz CT molecular complexity index is 524. The number of hydrogen-bond acceptors (Lipinski definition) is 4. The van der Waals surface area contributed by atoms with Crippen molar-refractivity contribution in [1.82, 2.24) is 10.6 Å². The molecule has 0 saturated heterocycles. The Morgan fingerprint density at radius 1 is 1.45 bits per heavy atom. The molecule has 1 aromatic rings. The Labute approximate surface area is 122 Å². The van der Waals surface area contributed by atoms with Crippen LogP contribution < -0.4 is 10.6 Å². The third-order valence-corrected chi connectivity index (χ3v) is 4.92. The number of carbonyl (C=O) groups excluding carboxylic acids is 2. The lowest BCUT2D eigenvalue weighted by atomic mass is 9.64. The highest BCUT2D eigenvalue weighted by Crippen LogP contribution is 2.40. The highest BCUT2D eigenvalue weighted by molar-refractivity contribution is 7.13. The summed E-state index contributed by atoms with van der Waals surface area (Å²) in [5, 5.41) is 15.0. The van der Waals surface area contributed by atoms with Gasteiger partial charge in [0.05, 0.1) is 17.5 Å². The van der Waals surface area contributed by atoms with Gasteiger partial charge in [-0.05, 0) is 25.5 Å². The summed E-state index contributed by atoms with van der Waals surface area (Å²) in [7, 11) is 0. The SMILES string of the molecule is Cc1ccc(C(=O)NCC(=O)NC2CC(O)C2(C)C)s1. The Hall–Kier alpha value is -1.40. The monoisotopic (exact) mass is 296 g/mol. The fraction of sp³-hybridized carbons (Fsp3) is 0.571. The van der Waals surface area contributed by atoms with E-state index in [1.807, 2.05) is 26.8 Å². The number of carbonyl (C=O) groups is 2. The molecular formula is C14H20N2O3S. The van der Waals surface area contributed by atoms with Crippen LogP contribution in [0.1, 0.15) is 34.8 Å². The van der Waals surface area contributed by atoms with Gasteiger partial charge in [-0.15, -0.1) is 11.3 Å². The smallest absolute Gasteiger partial charge is 0.261 e. The highest BCUT2D eigenvalue weighted by Gasteiger charge is 2.47. The standard InChI is InChI=1S/C14H20N2O3S/c1-8-4-5-9(20-8)13(19)15-7-12(18)16-10-6-11(17)14(10,2)3/h4-5,10-11,17H,6-7H2,1-3H3,(H,15,19)(H,16,18). The van der Waals surface area contributed by atoms with Crippen LogP contribution in [0.2, 0.25) is 0 Å². The zero-order valence-corrected chi connectivity index (χ0v) is 12.7. The van der Waals surface area contributed by atoms with E-state index < -0.39 is 0 Å². The molecule has 2 rings (SSSR count). The molecule has 0 aliphatic heterocycles. The Kier molecular flexibility index (Phi) is 4.15. The molecule has 1 saturated carbocycles. The largest absolute Gasteiger partial charge is 0.392 e. The number of aliphatic hydroxyl groups excluding tert-OH is 1. The number of aryl methyl sites for hydroxylation is 1. The summed E-state index contributed by atoms with van der Waals surface area (Å²) in [6.45, 7) is 5.72. The second-order valence-electron chi connectivity index (χ2n) is 5.79. The van der Waals surface area contributed by atoms with Crippen molar-refractivity contribution in [3.63, 3.8) is 0 Å². The van der Waals surface area contributed by atoms with Crippen molar-refractivity contribution >= 4 is 23.2 Å². The van der Waals surface area contributed by atoms with E-state index in [9.17, 15) is 14.7 Å². The van der Waals surface area contributed by atoms with E-state index in [0.29, 0.717) is 11.3 Å². The zero-order chi connectivity index (χ0) is 14.9. The van der Waals surface area contributed by atoms with Gasteiger partial charge in [0.25, 0.3) is 5.91 Å². The summed E-state index contributed by atoms with van der Waals surface area (Å²) in [5.41, 5.74) is -0.301. The van der Waals surface area contributed by atoms with Gasteiger partial charge in [0.2, 0.25) is 5.91 Å². The van der Waals surface area contributed by atoms with Gasteiger partial charge in [-0.1, -0.05) is 13.8 Å². The minimum absolute atomic E-state index is 0.0362. The molecule has 110 valence electrons. The van der Waals surface area contributed by atoms with E-state index in [1.54, 1.807) is 6.07 Å². The molecule has 0 bridgehead atoms. The first-order chi connectivity index (χ1) is 9.30. The maximum Gasteiger partial charge on any atom is 0.261 e. The van der Waals surface area contributed by atoms with Crippen LogP contribution in [-0.4, -0.2) is 35.6 Å². The van der Waals surface area contributed by atoms with Gasteiger partial charge in [-0.25, -0.2) is 0 Å². The van der Waals surface area contributed by atoms with Gasteiger partial charge in [-0.3, -0.25) is 9.59 Å². The van der Waals surface area contributed by atoms with Gasteiger partial charge >= 0.3 is 0 Å². The minimum Gasteiger partial charge on any atom is -0.392 e. The summed E-state index contributed by atoms with van der Waals surface area (Å²) in [5.74, 6) is -0.456. The summed E-state index contributed by atoms with van der Waals surface area (Å²) in [6, 6.07) is 3.59. The first-order valence-corrected chi connectivity index (χ1v) is 7.44. The first kappa shape index (κ1) is 15.0. The average Bonchev–Trinajstić information content (AvgIpc) is 2.82. The van der Waals surface area contributed by atoms with Crippen LogP contribution in [0.25, 0.3) is 0 Å². The molecule has 0 aromatic carbocycles. The lowest BCUT2D eigenvalue weighted by Gasteiger charge is -2.49. The maximum absolute atomic E-state index is 11.8. The van der Waals surface area contributed by atoms with Gasteiger partial charge in [-0.2, -0.15) is 0 Å². The molecule has 1 aliphatic rings. The second-order valence-corrected chi connectivity index (χ2v) is 7.07. The molecule has 5 nitrogen and oxygen atoms in total. The summed E-state index contributed by atoms with van der Waals surface area (Å²) < 4.78 is 0. The lowest BCUT2D eigenvalue weighted by Crippen LogP contribution is -2.62. The van der Waals surface area contributed by atoms with Crippen molar-refractivity contribution in [2.45, 2.75) is 39.3 Å². The minimum atomic E-state index is -0.378. The Morgan fingerprint density at radius 2 is 2.15 bits per heavy atom. The second kappa shape index (κ2) is 5.54. The molecule has 1 aromatic heterocycles. The van der Waals surface area contributed by atoms with Crippen molar-refractivity contribution < 1.29 is 14.7 Å². The Balaban J connectivity index is 1.77. The van der Waals surface area contributed by atoms with Crippen molar-refractivity contribution in [1.29, 1.82) is 0 Å². The van der Waals surface area contributed by atoms with Crippen molar-refractivity contribution in [3.8, 4) is 0 Å². The summed E-state index contributed by atoms with van der Waals surface area (Å²) in [4.78, 5) is 25.2. The van der Waals surface area contributed by atoms with Crippen LogP contribution in [0.15, 0.2) is 12.1 Å². The summed E-state index contributed by atoms with van der Waals surface area (Å²) >= 11 is 1.40. The van der Waals surface area contributed by atoms with Crippen LogP contribution >= 0.6 is 11.3 Å². The van der Waals surface area contributed by atoms with E-state index >= 15 is 0 Å². The van der Waals surface area contributed by atoms with Crippen LogP contribution in [0, 0.1) is 12.3 Å². The normalized spacial score (nSPS) is 23.8. The highest BCUT2D eigenvalue weighted by atomic mass is 32.1. The zero-order valence-electron chi connectivity index (χ0n) is 11.9. The Morgan fingerprint density at radius 3 is 2.65 bits per heavy atom. The van der Waals surface area contributed by atoms with E-state index in [4.69, 9.17) is 0 Å². The molecule has 1 aliphatic carbocycles. The number of thiophene rings is 1. The van der Waals surface area contributed by atoms with Gasteiger partial charge < -0.3 is 15.7 Å². The molecule has 2 atom stereocenters. The van der Waals surface area contributed by atoms with Gasteiger partial charge in [0.1, 0.15) is 0 Å². The molecule has 2 amide bonds.